The molecule has 2 heterocycles. The van der Waals surface area contributed by atoms with Crippen LogP contribution in [0.5, 0.6) is 5.75 Å². The quantitative estimate of drug-likeness (QED) is 0.539. The molecule has 6 nitrogen and oxygen atoms in total. The number of ether oxygens (including phenoxy) is 1. The summed E-state index contributed by atoms with van der Waals surface area (Å²) >= 11 is 0. The summed E-state index contributed by atoms with van der Waals surface area (Å²) in [6, 6.07) is 8.02. The van der Waals surface area contributed by atoms with Crippen LogP contribution in [0.2, 0.25) is 0 Å². The van der Waals surface area contributed by atoms with Crippen LogP contribution in [0.1, 0.15) is 35.1 Å². The molecule has 0 aliphatic carbocycles. The third-order valence-electron chi connectivity index (χ3n) is 5.81. The van der Waals surface area contributed by atoms with Crippen LogP contribution in [0.4, 0.5) is 10.3 Å². The van der Waals surface area contributed by atoms with E-state index in [1.54, 1.807) is 13.8 Å². The van der Waals surface area contributed by atoms with Crippen molar-refractivity contribution in [3.8, 4) is 5.75 Å². The maximum Gasteiger partial charge on any atom is 0.204 e. The van der Waals surface area contributed by atoms with Gasteiger partial charge in [0.25, 0.3) is 0 Å². The first-order valence-electron chi connectivity index (χ1n) is 11.0. The Kier molecular flexibility index (Phi) is 6.43. The van der Waals surface area contributed by atoms with Crippen LogP contribution in [0.3, 0.4) is 0 Å². The number of aryl methyl sites for hydroxylation is 3. The zero-order chi connectivity index (χ0) is 22.0. The average Bonchev–Trinajstić information content (AvgIpc) is 3.08. The maximum absolute atomic E-state index is 14.2. The average molecular weight is 426 g/mol. The van der Waals surface area contributed by atoms with Crippen LogP contribution in [0.15, 0.2) is 24.3 Å². The molecule has 0 atom stereocenters. The standard InChI is InChI=1S/C24H32FN5O/c1-15-10-20-23(21(11-15)31-19-4-7-27-8-5-19)29-24(28-9-6-26)30(20)14-18-12-16(2)22(25)17(3)13-18/h10-13,19,27H,4-9,14,26H2,1-3H3,(H,28,29). The molecule has 1 aliphatic rings. The van der Waals surface area contributed by atoms with Crippen molar-refractivity contribution in [3.63, 3.8) is 0 Å². The molecule has 1 aromatic heterocycles. The molecule has 1 fully saturated rings. The fourth-order valence-corrected chi connectivity index (χ4v) is 4.30. The van der Waals surface area contributed by atoms with Crippen LogP contribution in [-0.4, -0.2) is 41.8 Å². The summed E-state index contributed by atoms with van der Waals surface area (Å²) in [5, 5.41) is 6.73. The fraction of sp³-hybridized carbons (Fsp3) is 0.458. The number of nitrogens with two attached hydrogens (primary N) is 1. The van der Waals surface area contributed by atoms with Crippen molar-refractivity contribution in [2.45, 2.75) is 46.3 Å². The highest BCUT2D eigenvalue weighted by Crippen LogP contribution is 2.32. The van der Waals surface area contributed by atoms with Crippen molar-refractivity contribution in [2.24, 2.45) is 5.73 Å². The number of anilines is 1. The summed E-state index contributed by atoms with van der Waals surface area (Å²) in [6.07, 6.45) is 2.17. The number of halogens is 1. The lowest BCUT2D eigenvalue weighted by Crippen LogP contribution is -2.34. The van der Waals surface area contributed by atoms with Gasteiger partial charge in [0.15, 0.2) is 0 Å². The molecule has 0 amide bonds. The van der Waals surface area contributed by atoms with Crippen molar-refractivity contribution in [3.05, 3.63) is 52.3 Å². The minimum Gasteiger partial charge on any atom is -0.488 e. The second-order valence-corrected chi connectivity index (χ2v) is 8.48. The lowest BCUT2D eigenvalue weighted by atomic mass is 10.1. The van der Waals surface area contributed by atoms with Gasteiger partial charge in [-0.25, -0.2) is 9.37 Å². The van der Waals surface area contributed by atoms with Gasteiger partial charge in [0.1, 0.15) is 23.2 Å². The van der Waals surface area contributed by atoms with Gasteiger partial charge < -0.3 is 25.7 Å². The molecule has 0 spiro atoms. The number of nitrogens with one attached hydrogen (secondary N) is 2. The second kappa shape index (κ2) is 9.24. The topological polar surface area (TPSA) is 77.1 Å². The van der Waals surface area contributed by atoms with E-state index in [-0.39, 0.29) is 11.9 Å². The predicted octanol–water partition coefficient (Wildman–Crippen LogP) is 3.65. The first kappa shape index (κ1) is 21.6. The Morgan fingerprint density at radius 2 is 1.87 bits per heavy atom. The Labute approximate surface area is 183 Å². The molecule has 0 unspecified atom stereocenters. The van der Waals surface area contributed by atoms with Crippen molar-refractivity contribution >= 4 is 17.0 Å². The summed E-state index contributed by atoms with van der Waals surface area (Å²) in [5.41, 5.74) is 11.0. The van der Waals surface area contributed by atoms with E-state index < -0.39 is 0 Å². The summed E-state index contributed by atoms with van der Waals surface area (Å²) in [4.78, 5) is 4.90. The number of aromatic nitrogens is 2. The van der Waals surface area contributed by atoms with Crippen molar-refractivity contribution in [2.75, 3.05) is 31.5 Å². The van der Waals surface area contributed by atoms with Crippen LogP contribution >= 0.6 is 0 Å². The van der Waals surface area contributed by atoms with Gasteiger partial charge in [0.05, 0.1) is 12.1 Å². The predicted molar refractivity (Wildman–Crippen MR) is 124 cm³/mol. The number of piperidine rings is 1. The fourth-order valence-electron chi connectivity index (χ4n) is 4.30. The van der Waals surface area contributed by atoms with Gasteiger partial charge in [-0.15, -0.1) is 0 Å². The Balaban J connectivity index is 1.77. The number of rotatable bonds is 7. The van der Waals surface area contributed by atoms with E-state index in [1.807, 2.05) is 12.1 Å². The van der Waals surface area contributed by atoms with Crippen LogP contribution in [0, 0.1) is 26.6 Å². The summed E-state index contributed by atoms with van der Waals surface area (Å²) in [6.45, 7) is 9.35. The van der Waals surface area contributed by atoms with E-state index in [0.29, 0.717) is 30.8 Å². The Morgan fingerprint density at radius 1 is 1.16 bits per heavy atom. The molecule has 2 aromatic carbocycles. The first-order valence-corrected chi connectivity index (χ1v) is 11.0. The molecule has 7 heteroatoms. The van der Waals surface area contributed by atoms with Gasteiger partial charge in [-0.3, -0.25) is 0 Å². The van der Waals surface area contributed by atoms with Gasteiger partial charge >= 0.3 is 0 Å². The third-order valence-corrected chi connectivity index (χ3v) is 5.81. The SMILES string of the molecule is Cc1cc(OC2CCNCC2)c2nc(NCCN)n(Cc3cc(C)c(F)c(C)c3)c2c1. The van der Waals surface area contributed by atoms with Gasteiger partial charge in [0.2, 0.25) is 5.95 Å². The number of nitrogens with zero attached hydrogens (tertiary/aromatic N) is 2. The molecule has 4 rings (SSSR count). The zero-order valence-corrected chi connectivity index (χ0v) is 18.6. The van der Waals surface area contributed by atoms with Crippen LogP contribution in [0.25, 0.3) is 11.0 Å². The van der Waals surface area contributed by atoms with Gasteiger partial charge in [-0.1, -0.05) is 12.1 Å². The molecule has 4 N–H and O–H groups in total. The van der Waals surface area contributed by atoms with E-state index in [4.69, 9.17) is 15.5 Å². The van der Waals surface area contributed by atoms with Gasteiger partial charge in [-0.2, -0.15) is 0 Å². The highest BCUT2D eigenvalue weighted by atomic mass is 19.1. The number of hydrogen-bond acceptors (Lipinski definition) is 5. The number of benzene rings is 2. The molecule has 1 aliphatic heterocycles. The van der Waals surface area contributed by atoms with E-state index in [1.165, 1.54) is 0 Å². The summed E-state index contributed by atoms with van der Waals surface area (Å²) < 4.78 is 22.7. The van der Waals surface area contributed by atoms with Crippen LogP contribution < -0.4 is 21.1 Å². The first-order chi connectivity index (χ1) is 15.0. The molecule has 0 radical (unpaired) electrons. The normalized spacial score (nSPS) is 14.9. The van der Waals surface area contributed by atoms with Crippen LogP contribution in [-0.2, 0) is 6.54 Å². The molecule has 166 valence electrons. The Morgan fingerprint density at radius 3 is 2.55 bits per heavy atom. The smallest absolute Gasteiger partial charge is 0.204 e. The minimum absolute atomic E-state index is 0.144. The van der Waals surface area contributed by atoms with Crippen molar-refractivity contribution in [1.29, 1.82) is 0 Å². The molecule has 0 bridgehead atoms. The highest BCUT2D eigenvalue weighted by molar-refractivity contribution is 5.85. The molecular formula is C24H32FN5O. The molecular weight excluding hydrogens is 393 g/mol. The van der Waals surface area contributed by atoms with E-state index in [9.17, 15) is 4.39 Å². The van der Waals surface area contributed by atoms with Gasteiger partial charge in [0, 0.05) is 13.1 Å². The Hall–Kier alpha value is -2.64. The largest absolute Gasteiger partial charge is 0.488 e. The molecule has 0 saturated carbocycles. The maximum atomic E-state index is 14.2. The highest BCUT2D eigenvalue weighted by Gasteiger charge is 2.20. The second-order valence-electron chi connectivity index (χ2n) is 8.48. The number of hydrogen-bond donors (Lipinski definition) is 3. The lowest BCUT2D eigenvalue weighted by molar-refractivity contribution is 0.164. The summed E-state index contributed by atoms with van der Waals surface area (Å²) in [7, 11) is 0. The third kappa shape index (κ3) is 4.67. The van der Waals surface area contributed by atoms with Crippen molar-refractivity contribution in [1.82, 2.24) is 14.9 Å². The molecule has 3 aromatic rings. The molecule has 1 saturated heterocycles. The lowest BCUT2D eigenvalue weighted by Gasteiger charge is -2.24. The Bertz CT molecular complexity index is 1050. The van der Waals surface area contributed by atoms with E-state index >= 15 is 0 Å². The van der Waals surface area contributed by atoms with E-state index in [0.717, 1.165) is 59.8 Å². The van der Waals surface area contributed by atoms with E-state index in [2.05, 4.69) is 34.3 Å². The van der Waals surface area contributed by atoms with Crippen molar-refractivity contribution < 1.29 is 9.13 Å². The minimum atomic E-state index is -0.144. The zero-order valence-electron chi connectivity index (χ0n) is 18.6. The summed E-state index contributed by atoms with van der Waals surface area (Å²) in [5.74, 6) is 1.43. The molecule has 31 heavy (non-hydrogen) atoms. The van der Waals surface area contributed by atoms with Gasteiger partial charge in [-0.05, 0) is 81.1 Å². The number of imidazole rings is 1. The monoisotopic (exact) mass is 425 g/mol. The number of fused-ring (bicyclic) bond motifs is 1.